The van der Waals surface area contributed by atoms with Gasteiger partial charge in [-0.3, -0.25) is 4.79 Å². The lowest BCUT2D eigenvalue weighted by atomic mass is 10.2. The molecule has 1 amide bonds. The maximum absolute atomic E-state index is 12.3. The van der Waals surface area contributed by atoms with Crippen LogP contribution in [0.1, 0.15) is 26.3 Å². The standard InChI is InChI=1S/C17H21F2NO5/c1-4-23-14-9-12(5-7-13(14)25-17(18)19)6-8-16(22)24-10-15(21)20-11(2)3/h5-9,11,17H,4,10H2,1-3H3,(H,20,21)/b8-6+. The molecule has 138 valence electrons. The Bertz CT molecular complexity index is 617. The van der Waals surface area contributed by atoms with Crippen LogP contribution in [0.5, 0.6) is 11.5 Å². The van der Waals surface area contributed by atoms with Crippen molar-refractivity contribution in [2.45, 2.75) is 33.4 Å². The van der Waals surface area contributed by atoms with Gasteiger partial charge in [0, 0.05) is 12.1 Å². The summed E-state index contributed by atoms with van der Waals surface area (Å²) in [7, 11) is 0. The first-order valence-electron chi connectivity index (χ1n) is 7.67. The highest BCUT2D eigenvalue weighted by molar-refractivity contribution is 5.89. The van der Waals surface area contributed by atoms with E-state index in [1.165, 1.54) is 24.3 Å². The minimum Gasteiger partial charge on any atom is -0.490 e. The molecule has 25 heavy (non-hydrogen) atoms. The highest BCUT2D eigenvalue weighted by Gasteiger charge is 2.11. The highest BCUT2D eigenvalue weighted by Crippen LogP contribution is 2.30. The van der Waals surface area contributed by atoms with E-state index < -0.39 is 18.5 Å². The van der Waals surface area contributed by atoms with Gasteiger partial charge in [-0.05, 0) is 44.5 Å². The maximum Gasteiger partial charge on any atom is 0.387 e. The number of halogens is 2. The number of carbonyl (C=O) groups excluding carboxylic acids is 2. The molecule has 0 fully saturated rings. The molecular formula is C17H21F2NO5. The average molecular weight is 357 g/mol. The summed E-state index contributed by atoms with van der Waals surface area (Å²) in [5.74, 6) is -1.06. The maximum atomic E-state index is 12.3. The van der Waals surface area contributed by atoms with Crippen LogP contribution in [0.25, 0.3) is 6.08 Å². The summed E-state index contributed by atoms with van der Waals surface area (Å²) in [6.45, 7) is 2.20. The number of hydrogen-bond acceptors (Lipinski definition) is 5. The topological polar surface area (TPSA) is 73.9 Å². The summed E-state index contributed by atoms with van der Waals surface area (Å²) in [6, 6.07) is 4.21. The van der Waals surface area contributed by atoms with Crippen LogP contribution in [0.15, 0.2) is 24.3 Å². The summed E-state index contributed by atoms with van der Waals surface area (Å²) in [6.07, 6.45) is 2.54. The van der Waals surface area contributed by atoms with Crippen LogP contribution >= 0.6 is 0 Å². The average Bonchev–Trinajstić information content (AvgIpc) is 2.52. The fourth-order valence-electron chi connectivity index (χ4n) is 1.80. The van der Waals surface area contributed by atoms with E-state index in [-0.39, 0.29) is 30.8 Å². The van der Waals surface area contributed by atoms with Crippen LogP contribution in [0.4, 0.5) is 8.78 Å². The van der Waals surface area contributed by atoms with Gasteiger partial charge in [0.05, 0.1) is 6.61 Å². The molecule has 0 aliphatic heterocycles. The number of ether oxygens (including phenoxy) is 3. The number of nitrogens with one attached hydrogen (secondary N) is 1. The van der Waals surface area contributed by atoms with E-state index in [4.69, 9.17) is 9.47 Å². The van der Waals surface area contributed by atoms with Crippen LogP contribution in [-0.2, 0) is 14.3 Å². The summed E-state index contributed by atoms with van der Waals surface area (Å²) in [4.78, 5) is 23.0. The number of rotatable bonds is 9. The van der Waals surface area contributed by atoms with Gasteiger partial charge in [0.1, 0.15) is 0 Å². The van der Waals surface area contributed by atoms with Crippen molar-refractivity contribution in [3.8, 4) is 11.5 Å². The second-order valence-electron chi connectivity index (χ2n) is 5.18. The predicted octanol–water partition coefficient (Wildman–Crippen LogP) is 2.77. The zero-order chi connectivity index (χ0) is 18.8. The summed E-state index contributed by atoms with van der Waals surface area (Å²) < 4.78 is 39.1. The number of amides is 1. The lowest BCUT2D eigenvalue weighted by Gasteiger charge is -2.11. The third kappa shape index (κ3) is 8.14. The van der Waals surface area contributed by atoms with Gasteiger partial charge in [0.2, 0.25) is 0 Å². The monoisotopic (exact) mass is 357 g/mol. The Kier molecular flexibility index (Phi) is 8.38. The van der Waals surface area contributed by atoms with Crippen molar-refractivity contribution < 1.29 is 32.6 Å². The fraction of sp³-hybridized carbons (Fsp3) is 0.412. The van der Waals surface area contributed by atoms with E-state index in [1.807, 2.05) is 0 Å². The van der Waals surface area contributed by atoms with Gasteiger partial charge < -0.3 is 19.5 Å². The second-order valence-corrected chi connectivity index (χ2v) is 5.18. The summed E-state index contributed by atoms with van der Waals surface area (Å²) in [5.41, 5.74) is 0.522. The number of esters is 1. The Morgan fingerprint density at radius 3 is 2.56 bits per heavy atom. The molecule has 0 heterocycles. The van der Waals surface area contributed by atoms with Gasteiger partial charge in [-0.1, -0.05) is 6.07 Å². The van der Waals surface area contributed by atoms with Gasteiger partial charge in [0.25, 0.3) is 5.91 Å². The minimum absolute atomic E-state index is 0.0484. The van der Waals surface area contributed by atoms with Crippen molar-refractivity contribution in [1.29, 1.82) is 0 Å². The molecule has 0 spiro atoms. The molecule has 0 aliphatic rings. The molecule has 1 aromatic carbocycles. The van der Waals surface area contributed by atoms with Crippen LogP contribution in [0.3, 0.4) is 0 Å². The van der Waals surface area contributed by atoms with Crippen molar-refractivity contribution in [2.75, 3.05) is 13.2 Å². The molecule has 1 N–H and O–H groups in total. The smallest absolute Gasteiger partial charge is 0.387 e. The Hall–Kier alpha value is -2.64. The molecule has 0 saturated heterocycles. The molecule has 8 heteroatoms. The first-order chi connectivity index (χ1) is 11.8. The summed E-state index contributed by atoms with van der Waals surface area (Å²) >= 11 is 0. The minimum atomic E-state index is -2.97. The van der Waals surface area contributed by atoms with Crippen LogP contribution in [0.2, 0.25) is 0 Å². The molecular weight excluding hydrogens is 336 g/mol. The van der Waals surface area contributed by atoms with Crippen molar-refractivity contribution in [3.05, 3.63) is 29.8 Å². The normalized spacial score (nSPS) is 11.0. The quantitative estimate of drug-likeness (QED) is 0.543. The van der Waals surface area contributed by atoms with Crippen molar-refractivity contribution in [3.63, 3.8) is 0 Å². The summed E-state index contributed by atoms with van der Waals surface area (Å²) in [5, 5.41) is 2.58. The zero-order valence-electron chi connectivity index (χ0n) is 14.3. The van der Waals surface area contributed by atoms with E-state index in [9.17, 15) is 18.4 Å². The van der Waals surface area contributed by atoms with Crippen molar-refractivity contribution in [2.24, 2.45) is 0 Å². The molecule has 0 bridgehead atoms. The van der Waals surface area contributed by atoms with E-state index in [0.29, 0.717) is 5.56 Å². The lowest BCUT2D eigenvalue weighted by molar-refractivity contribution is -0.143. The third-order valence-electron chi connectivity index (χ3n) is 2.69. The molecule has 0 aromatic heterocycles. The van der Waals surface area contributed by atoms with Crippen LogP contribution in [0, 0.1) is 0 Å². The second kappa shape index (κ2) is 10.3. The molecule has 1 rings (SSSR count). The van der Waals surface area contributed by atoms with Crippen LogP contribution < -0.4 is 14.8 Å². The van der Waals surface area contributed by atoms with Gasteiger partial charge >= 0.3 is 12.6 Å². The lowest BCUT2D eigenvalue weighted by Crippen LogP contribution is -2.33. The van der Waals surface area contributed by atoms with E-state index in [1.54, 1.807) is 20.8 Å². The van der Waals surface area contributed by atoms with Crippen LogP contribution in [-0.4, -0.2) is 37.7 Å². The Morgan fingerprint density at radius 1 is 1.24 bits per heavy atom. The van der Waals surface area contributed by atoms with E-state index in [2.05, 4.69) is 10.1 Å². The van der Waals surface area contributed by atoms with Gasteiger partial charge in [-0.15, -0.1) is 0 Å². The van der Waals surface area contributed by atoms with Gasteiger partial charge in [-0.25, -0.2) is 4.79 Å². The molecule has 0 saturated carbocycles. The van der Waals surface area contributed by atoms with Gasteiger partial charge in [-0.2, -0.15) is 8.78 Å². The molecule has 0 unspecified atom stereocenters. The third-order valence-corrected chi connectivity index (χ3v) is 2.69. The molecule has 6 nitrogen and oxygen atoms in total. The van der Waals surface area contributed by atoms with Crippen molar-refractivity contribution in [1.82, 2.24) is 5.32 Å². The van der Waals surface area contributed by atoms with Gasteiger partial charge in [0.15, 0.2) is 18.1 Å². The molecule has 1 aromatic rings. The molecule has 0 radical (unpaired) electrons. The first-order valence-corrected chi connectivity index (χ1v) is 7.67. The predicted molar refractivity (Wildman–Crippen MR) is 87.5 cm³/mol. The van der Waals surface area contributed by atoms with Crippen molar-refractivity contribution >= 4 is 18.0 Å². The van der Waals surface area contributed by atoms with E-state index in [0.717, 1.165) is 6.08 Å². The molecule has 0 aliphatic carbocycles. The highest BCUT2D eigenvalue weighted by atomic mass is 19.3. The largest absolute Gasteiger partial charge is 0.490 e. The number of benzene rings is 1. The Labute approximate surface area is 144 Å². The number of alkyl halides is 2. The zero-order valence-corrected chi connectivity index (χ0v) is 14.3. The van der Waals surface area contributed by atoms with E-state index >= 15 is 0 Å². The number of carbonyl (C=O) groups is 2. The Morgan fingerprint density at radius 2 is 1.96 bits per heavy atom. The Balaban J connectivity index is 2.68. The molecule has 0 atom stereocenters. The fourth-order valence-corrected chi connectivity index (χ4v) is 1.80. The SMILES string of the molecule is CCOc1cc(/C=C/C(=O)OCC(=O)NC(C)C)ccc1OC(F)F. The number of hydrogen-bond donors (Lipinski definition) is 1. The first kappa shape index (κ1) is 20.4.